The zero-order chi connectivity index (χ0) is 65.8. The van der Waals surface area contributed by atoms with Crippen LogP contribution in [-0.4, -0.2) is 189 Å². The van der Waals surface area contributed by atoms with Gasteiger partial charge in [0.05, 0.1) is 31.5 Å². The molecule has 32 nitrogen and oxygen atoms in total. The number of carboxylic acids is 2. The Hall–Kier alpha value is -8.59. The van der Waals surface area contributed by atoms with Gasteiger partial charge in [-0.1, -0.05) is 79.0 Å². The van der Waals surface area contributed by atoms with Gasteiger partial charge in [-0.2, -0.15) is 12.6 Å². The third kappa shape index (κ3) is 25.1. The van der Waals surface area contributed by atoms with Crippen molar-refractivity contribution in [2.75, 3.05) is 25.4 Å². The number of benzene rings is 1. The van der Waals surface area contributed by atoms with Crippen molar-refractivity contribution in [1.82, 2.24) is 63.5 Å². The maximum Gasteiger partial charge on any atom is 0.322 e. The number of primary amides is 1. The van der Waals surface area contributed by atoms with E-state index in [1.807, 2.05) is 0 Å². The second kappa shape index (κ2) is 37.1. The van der Waals surface area contributed by atoms with Crippen LogP contribution in [0.1, 0.15) is 99.0 Å². The fraction of sp³-hybridized carbons (Fsp3) is 0.593. The number of aliphatic hydroxyl groups excluding tert-OH is 1. The Bertz CT molecular complexity index is 2770. The number of thiol groups is 1. The standard InChI is InChI=1S/C54H86N16O16S/c1-8-25(4)41(50(83)61-22-38(73)67-42(26(5)9-2)51(84)65-35(20-37(56)72)46(79)62-23-40(76)77)69-52(85)43(27(6)10-3)68-48(81)34(18-29-21-60-32-15-12-11-14-30(29)32)64-47(80)33(16-13-17-59-54(57)58)63-53(86)44(28(7)71)70-49(82)36(24-87)66-45(78)31(55)19-39(74)75/h11-12,14-15,21,25-28,31,33-36,41-44,60,71,87H,8-10,13,16-20,22-24,55H2,1-7H3,(H2,56,72)(H,61,83)(H,62,79)(H,63,86)(H,64,80)(H,65,84)(H,66,78)(H,67,73)(H,68,81)(H,69,85)(H,70,82)(H,74,75)(H,76,77)(H4,57,58,59)/t25-,26-,27-,28+,31-,33-,34-,35-,36-,41-,42-,43-,44-/m0/s1. The van der Waals surface area contributed by atoms with E-state index in [1.165, 1.54) is 0 Å². The molecule has 0 saturated carbocycles. The first-order valence-corrected chi connectivity index (χ1v) is 28.9. The third-order valence-corrected chi connectivity index (χ3v) is 14.6. The molecule has 1 aromatic heterocycles. The Morgan fingerprint density at radius 3 is 1.60 bits per heavy atom. The van der Waals surface area contributed by atoms with Crippen molar-refractivity contribution in [3.63, 3.8) is 0 Å². The normalized spacial score (nSPS) is 15.6. The van der Waals surface area contributed by atoms with E-state index in [0.29, 0.717) is 35.7 Å². The Balaban J connectivity index is 2.50. The van der Waals surface area contributed by atoms with Gasteiger partial charge in [0, 0.05) is 35.8 Å². The molecule has 0 fully saturated rings. The largest absolute Gasteiger partial charge is 0.481 e. The first-order valence-electron chi connectivity index (χ1n) is 28.3. The number of carboxylic acid groups (broad SMARTS) is 2. The number of guanidine groups is 1. The van der Waals surface area contributed by atoms with Crippen molar-refractivity contribution in [3.8, 4) is 0 Å². The molecule has 2 rings (SSSR count). The number of aromatic amines is 1. The zero-order valence-electron chi connectivity index (χ0n) is 49.7. The number of amides is 11. The number of hydrogen-bond acceptors (Lipinski definition) is 17. The Morgan fingerprint density at radius 1 is 0.563 bits per heavy atom. The number of fused-ring (bicyclic) bond motifs is 1. The quantitative estimate of drug-likeness (QED) is 0.0129. The van der Waals surface area contributed by atoms with Crippen molar-refractivity contribution in [2.45, 2.75) is 160 Å². The highest BCUT2D eigenvalue weighted by molar-refractivity contribution is 7.80. The molecule has 484 valence electrons. The van der Waals surface area contributed by atoms with Crippen LogP contribution in [0.25, 0.3) is 10.9 Å². The maximum absolute atomic E-state index is 14.8. The molecule has 11 amide bonds. The molecule has 2 aromatic rings. The van der Waals surface area contributed by atoms with Gasteiger partial charge in [0.25, 0.3) is 0 Å². The highest BCUT2D eigenvalue weighted by Gasteiger charge is 2.38. The minimum absolute atomic E-state index is 0.0213. The Labute approximate surface area is 508 Å². The lowest BCUT2D eigenvalue weighted by molar-refractivity contribution is -0.140. The molecule has 33 heteroatoms. The van der Waals surface area contributed by atoms with Gasteiger partial charge in [-0.25, -0.2) is 0 Å². The first kappa shape index (κ1) is 74.5. The number of nitrogens with one attached hydrogen (secondary N) is 13. The van der Waals surface area contributed by atoms with Crippen molar-refractivity contribution in [1.29, 1.82) is 5.41 Å². The number of rotatable bonds is 39. The van der Waals surface area contributed by atoms with Crippen LogP contribution < -0.4 is 75.7 Å². The van der Waals surface area contributed by atoms with Crippen LogP contribution in [-0.2, 0) is 68.7 Å². The summed E-state index contributed by atoms with van der Waals surface area (Å²) in [6.45, 7) is 9.71. The number of carbonyl (C=O) groups excluding carboxylic acids is 11. The number of nitrogens with two attached hydrogens (primary N) is 3. The summed E-state index contributed by atoms with van der Waals surface area (Å²) in [5.41, 5.74) is 17.6. The summed E-state index contributed by atoms with van der Waals surface area (Å²) in [4.78, 5) is 175. The average molecular weight is 1250 g/mol. The molecule has 22 N–H and O–H groups in total. The summed E-state index contributed by atoms with van der Waals surface area (Å²) in [5, 5.41) is 64.2. The summed E-state index contributed by atoms with van der Waals surface area (Å²) >= 11 is 4.08. The lowest BCUT2D eigenvalue weighted by Crippen LogP contribution is -2.62. The molecule has 0 bridgehead atoms. The minimum Gasteiger partial charge on any atom is -0.481 e. The maximum atomic E-state index is 14.8. The van der Waals surface area contributed by atoms with Crippen LogP contribution >= 0.6 is 12.6 Å². The van der Waals surface area contributed by atoms with E-state index in [4.69, 9.17) is 32.8 Å². The van der Waals surface area contributed by atoms with Gasteiger partial charge in [0.15, 0.2) is 5.96 Å². The van der Waals surface area contributed by atoms with Crippen LogP contribution in [0.15, 0.2) is 30.5 Å². The summed E-state index contributed by atoms with van der Waals surface area (Å²) in [6, 6.07) is -6.45. The summed E-state index contributed by atoms with van der Waals surface area (Å²) in [6.07, 6.45) is -0.910. The molecule has 0 saturated heterocycles. The number of aliphatic carboxylic acids is 2. The Morgan fingerprint density at radius 2 is 1.05 bits per heavy atom. The molecule has 13 atom stereocenters. The molecular formula is C54H86N16O16S. The lowest BCUT2D eigenvalue weighted by Gasteiger charge is -2.30. The smallest absolute Gasteiger partial charge is 0.322 e. The van der Waals surface area contributed by atoms with Crippen molar-refractivity contribution in [2.24, 2.45) is 35.0 Å². The SMILES string of the molecule is CC[C@H](C)[C@H](NC(=O)CNC(=O)[C@@H](NC(=O)[C@@H](NC(=O)[C@H](Cc1c[nH]c2ccccc12)NC(=O)[C@H](CCCNC(=N)N)NC(=O)[C@@H](NC(=O)[C@H](CS)NC(=O)[C@@H](N)CC(=O)O)[C@@H](C)O)[C@@H](C)CC)[C@@H](C)CC)C(=O)N[C@@H](CC(N)=O)C(=O)NCC(=O)O. The first-order chi connectivity index (χ1) is 40.9. The lowest BCUT2D eigenvalue weighted by atomic mass is 9.94. The third-order valence-electron chi connectivity index (χ3n) is 14.2. The van der Waals surface area contributed by atoms with Crippen molar-refractivity contribution >= 4 is 106 Å². The minimum atomic E-state index is -1.79. The zero-order valence-corrected chi connectivity index (χ0v) is 50.6. The predicted octanol–water partition coefficient (Wildman–Crippen LogP) is -4.70. The van der Waals surface area contributed by atoms with Gasteiger partial charge < -0.3 is 96.0 Å². The highest BCUT2D eigenvalue weighted by atomic mass is 32.1. The summed E-state index contributed by atoms with van der Waals surface area (Å²) < 4.78 is 0. The van der Waals surface area contributed by atoms with Crippen molar-refractivity contribution in [3.05, 3.63) is 36.0 Å². The van der Waals surface area contributed by atoms with E-state index in [9.17, 15) is 67.4 Å². The molecular weight excluding hydrogens is 1160 g/mol. The predicted molar refractivity (Wildman–Crippen MR) is 318 cm³/mol. The fourth-order valence-corrected chi connectivity index (χ4v) is 8.79. The van der Waals surface area contributed by atoms with E-state index in [1.54, 1.807) is 72.0 Å². The molecule has 1 aromatic carbocycles. The van der Waals surface area contributed by atoms with Gasteiger partial charge in [0.1, 0.15) is 54.9 Å². The Kier molecular flexibility index (Phi) is 31.8. The second-order valence-electron chi connectivity index (χ2n) is 21.1. The van der Waals surface area contributed by atoms with Crippen LogP contribution in [0.2, 0.25) is 0 Å². The number of aromatic nitrogens is 1. The van der Waals surface area contributed by atoms with Crippen LogP contribution in [0.3, 0.4) is 0 Å². The molecule has 0 aliphatic carbocycles. The second-order valence-corrected chi connectivity index (χ2v) is 21.4. The van der Waals surface area contributed by atoms with Crippen LogP contribution in [0.5, 0.6) is 0 Å². The van der Waals surface area contributed by atoms with Gasteiger partial charge in [0.2, 0.25) is 65.0 Å². The van der Waals surface area contributed by atoms with Crippen molar-refractivity contribution < 1.29 is 77.6 Å². The fourth-order valence-electron chi connectivity index (χ4n) is 8.54. The van der Waals surface area contributed by atoms with E-state index < -0.39 is 187 Å². The summed E-state index contributed by atoms with van der Waals surface area (Å²) in [7, 11) is 0. The molecule has 1 heterocycles. The molecule has 87 heavy (non-hydrogen) atoms. The molecule has 0 aliphatic heterocycles. The highest BCUT2D eigenvalue weighted by Crippen LogP contribution is 2.21. The van der Waals surface area contributed by atoms with Gasteiger partial charge in [-0.3, -0.25) is 67.7 Å². The molecule has 0 unspecified atom stereocenters. The van der Waals surface area contributed by atoms with Gasteiger partial charge in [-0.05, 0) is 49.1 Å². The van der Waals surface area contributed by atoms with E-state index in [0.717, 1.165) is 6.92 Å². The summed E-state index contributed by atoms with van der Waals surface area (Å²) in [5.74, 6) is -15.9. The number of hydrogen-bond donors (Lipinski definition) is 20. The van der Waals surface area contributed by atoms with Crippen LogP contribution in [0.4, 0.5) is 0 Å². The molecule has 0 aliphatic rings. The molecule has 0 spiro atoms. The van der Waals surface area contributed by atoms with Crippen LogP contribution in [0, 0.1) is 23.2 Å². The number of carbonyl (C=O) groups is 13. The van der Waals surface area contributed by atoms with E-state index >= 15 is 0 Å². The molecule has 0 radical (unpaired) electrons. The van der Waals surface area contributed by atoms with Gasteiger partial charge >= 0.3 is 11.9 Å². The van der Waals surface area contributed by atoms with E-state index in [2.05, 4.69) is 76.1 Å². The van der Waals surface area contributed by atoms with E-state index in [-0.39, 0.29) is 31.6 Å². The topological polar surface area (TPSA) is 533 Å². The van der Waals surface area contributed by atoms with Gasteiger partial charge in [-0.15, -0.1) is 0 Å². The number of para-hydroxylation sites is 1. The number of H-pyrrole nitrogens is 1. The monoisotopic (exact) mass is 1250 g/mol. The number of aliphatic hydroxyl groups is 1. The average Bonchev–Trinajstić information content (AvgIpc) is 2.58.